The van der Waals surface area contributed by atoms with Gasteiger partial charge < -0.3 is 4.40 Å². The average Bonchev–Trinajstić information content (AvgIpc) is 2.76. The summed E-state index contributed by atoms with van der Waals surface area (Å²) in [7, 11) is 0. The molecule has 0 aliphatic carbocycles. The van der Waals surface area contributed by atoms with Crippen LogP contribution >= 0.6 is 11.6 Å². The third-order valence-corrected chi connectivity index (χ3v) is 3.31. The van der Waals surface area contributed by atoms with Crippen molar-refractivity contribution in [3.8, 4) is 0 Å². The number of nitrogens with zero attached hydrogens (tertiary/aromatic N) is 2. The second-order valence-corrected chi connectivity index (χ2v) is 4.83. The Kier molecular flexibility index (Phi) is 3.10. The molecule has 19 heavy (non-hydrogen) atoms. The molecule has 3 rings (SSSR count). The van der Waals surface area contributed by atoms with Crippen molar-refractivity contribution in [2.24, 2.45) is 0 Å². The van der Waals surface area contributed by atoms with E-state index in [4.69, 9.17) is 11.6 Å². The van der Waals surface area contributed by atoms with Crippen LogP contribution in [0, 0.1) is 6.92 Å². The number of hydrogen-bond donors (Lipinski definition) is 0. The lowest BCUT2D eigenvalue weighted by Gasteiger charge is -1.96. The van der Waals surface area contributed by atoms with Crippen LogP contribution in [0.4, 0.5) is 0 Å². The molecule has 3 aromatic rings. The molecule has 0 amide bonds. The molecule has 0 saturated carbocycles. The number of aromatic nitrogens is 2. The Morgan fingerprint density at radius 3 is 2.63 bits per heavy atom. The predicted octanol–water partition coefficient (Wildman–Crippen LogP) is 4.47. The molecule has 1 aromatic carbocycles. The Balaban J connectivity index is 1.99. The summed E-state index contributed by atoms with van der Waals surface area (Å²) in [6.45, 7) is 2.02. The molecule has 0 bridgehead atoms. The number of hydrogen-bond acceptors (Lipinski definition) is 1. The minimum absolute atomic E-state index is 0.749. The molecule has 0 unspecified atom stereocenters. The molecular weight excluding hydrogens is 256 g/mol. The Labute approximate surface area is 117 Å². The molecule has 0 aliphatic rings. The first-order valence-corrected chi connectivity index (χ1v) is 6.49. The van der Waals surface area contributed by atoms with E-state index in [1.54, 1.807) is 0 Å². The SMILES string of the molecule is Cc1nc(C=Cc2ccc(Cl)cc2)n2ccccc12. The van der Waals surface area contributed by atoms with E-state index >= 15 is 0 Å². The average molecular weight is 269 g/mol. The second kappa shape index (κ2) is 4.90. The van der Waals surface area contributed by atoms with Gasteiger partial charge in [-0.25, -0.2) is 4.98 Å². The van der Waals surface area contributed by atoms with Gasteiger partial charge in [0, 0.05) is 11.2 Å². The van der Waals surface area contributed by atoms with Crippen LogP contribution in [-0.2, 0) is 0 Å². The van der Waals surface area contributed by atoms with Crippen LogP contribution in [0.1, 0.15) is 17.1 Å². The quantitative estimate of drug-likeness (QED) is 0.670. The van der Waals surface area contributed by atoms with Gasteiger partial charge >= 0.3 is 0 Å². The van der Waals surface area contributed by atoms with Gasteiger partial charge in [-0.3, -0.25) is 0 Å². The third-order valence-electron chi connectivity index (χ3n) is 3.05. The molecule has 0 N–H and O–H groups in total. The zero-order valence-electron chi connectivity index (χ0n) is 10.5. The molecule has 0 radical (unpaired) electrons. The molecular formula is C16H13ClN2. The van der Waals surface area contributed by atoms with E-state index in [9.17, 15) is 0 Å². The third kappa shape index (κ3) is 2.40. The van der Waals surface area contributed by atoms with Crippen molar-refractivity contribution in [1.29, 1.82) is 0 Å². The number of pyridine rings is 1. The molecule has 0 spiro atoms. The number of fused-ring (bicyclic) bond motifs is 1. The van der Waals surface area contributed by atoms with E-state index in [1.165, 1.54) is 0 Å². The van der Waals surface area contributed by atoms with Crippen LogP contribution < -0.4 is 0 Å². The van der Waals surface area contributed by atoms with E-state index in [-0.39, 0.29) is 0 Å². The highest BCUT2D eigenvalue weighted by atomic mass is 35.5. The molecule has 0 saturated heterocycles. The summed E-state index contributed by atoms with van der Waals surface area (Å²) in [5.41, 5.74) is 3.28. The number of aryl methyl sites for hydroxylation is 1. The van der Waals surface area contributed by atoms with E-state index in [1.807, 2.05) is 61.7 Å². The molecule has 0 fully saturated rings. The number of rotatable bonds is 2. The first-order valence-electron chi connectivity index (χ1n) is 6.11. The molecule has 0 atom stereocenters. The smallest absolute Gasteiger partial charge is 0.137 e. The van der Waals surface area contributed by atoms with Crippen molar-refractivity contribution < 1.29 is 0 Å². The van der Waals surface area contributed by atoms with Crippen LogP contribution in [0.3, 0.4) is 0 Å². The number of imidazole rings is 1. The first-order chi connectivity index (χ1) is 9.24. The van der Waals surface area contributed by atoms with Crippen molar-refractivity contribution in [3.05, 3.63) is 70.8 Å². The summed E-state index contributed by atoms with van der Waals surface area (Å²) in [6, 6.07) is 13.8. The summed E-state index contributed by atoms with van der Waals surface area (Å²) in [5, 5.41) is 0.749. The van der Waals surface area contributed by atoms with Crippen molar-refractivity contribution in [2.75, 3.05) is 0 Å². The maximum Gasteiger partial charge on any atom is 0.137 e. The zero-order chi connectivity index (χ0) is 13.2. The summed E-state index contributed by atoms with van der Waals surface area (Å²) >= 11 is 5.87. The Morgan fingerprint density at radius 1 is 1.05 bits per heavy atom. The highest BCUT2D eigenvalue weighted by Gasteiger charge is 2.03. The molecule has 3 heteroatoms. The summed E-state index contributed by atoms with van der Waals surface area (Å²) in [4.78, 5) is 4.57. The summed E-state index contributed by atoms with van der Waals surface area (Å²) in [5.74, 6) is 0.933. The van der Waals surface area contributed by atoms with E-state index in [0.29, 0.717) is 0 Å². The van der Waals surface area contributed by atoms with Crippen LogP contribution in [0.25, 0.3) is 17.7 Å². The minimum Gasteiger partial charge on any atom is -0.300 e. The minimum atomic E-state index is 0.749. The highest BCUT2D eigenvalue weighted by Crippen LogP contribution is 2.15. The van der Waals surface area contributed by atoms with Gasteiger partial charge in [0.1, 0.15) is 5.82 Å². The van der Waals surface area contributed by atoms with Gasteiger partial charge in [0.15, 0.2) is 0 Å². The van der Waals surface area contributed by atoms with Gasteiger partial charge in [-0.15, -0.1) is 0 Å². The lowest BCUT2D eigenvalue weighted by molar-refractivity contribution is 1.12. The maximum atomic E-state index is 5.87. The lowest BCUT2D eigenvalue weighted by Crippen LogP contribution is -1.85. The van der Waals surface area contributed by atoms with E-state index in [2.05, 4.69) is 15.5 Å². The van der Waals surface area contributed by atoms with Gasteiger partial charge in [0.05, 0.1) is 11.2 Å². The van der Waals surface area contributed by atoms with Gasteiger partial charge in [0.25, 0.3) is 0 Å². The van der Waals surface area contributed by atoms with Crippen LogP contribution in [0.2, 0.25) is 5.02 Å². The standard InChI is InChI=1S/C16H13ClN2/c1-12-15-4-2-3-11-19(15)16(18-12)10-7-13-5-8-14(17)9-6-13/h2-11H,1H3. The second-order valence-electron chi connectivity index (χ2n) is 4.40. The number of halogens is 1. The van der Waals surface area contributed by atoms with Crippen LogP contribution in [0.5, 0.6) is 0 Å². The molecule has 0 aliphatic heterocycles. The van der Waals surface area contributed by atoms with Gasteiger partial charge in [0.2, 0.25) is 0 Å². The maximum absolute atomic E-state index is 5.87. The monoisotopic (exact) mass is 268 g/mol. The largest absolute Gasteiger partial charge is 0.300 e. The zero-order valence-corrected chi connectivity index (χ0v) is 11.3. The van der Waals surface area contributed by atoms with Gasteiger partial charge in [-0.05, 0) is 42.8 Å². The van der Waals surface area contributed by atoms with Crippen molar-refractivity contribution in [1.82, 2.24) is 9.38 Å². The Bertz CT molecular complexity index is 739. The Morgan fingerprint density at radius 2 is 1.84 bits per heavy atom. The highest BCUT2D eigenvalue weighted by molar-refractivity contribution is 6.30. The topological polar surface area (TPSA) is 17.3 Å². The Hall–Kier alpha value is -2.06. The lowest BCUT2D eigenvalue weighted by atomic mass is 10.2. The normalized spacial score (nSPS) is 11.5. The van der Waals surface area contributed by atoms with Crippen LogP contribution in [-0.4, -0.2) is 9.38 Å². The molecule has 2 nitrogen and oxygen atoms in total. The summed E-state index contributed by atoms with van der Waals surface area (Å²) < 4.78 is 2.09. The van der Waals surface area contributed by atoms with Gasteiger partial charge in [-0.2, -0.15) is 0 Å². The fraction of sp³-hybridized carbons (Fsp3) is 0.0625. The van der Waals surface area contributed by atoms with Crippen molar-refractivity contribution in [3.63, 3.8) is 0 Å². The number of benzene rings is 1. The summed E-state index contributed by atoms with van der Waals surface area (Å²) in [6.07, 6.45) is 6.08. The first kappa shape index (κ1) is 12.0. The fourth-order valence-corrected chi connectivity index (χ4v) is 2.21. The van der Waals surface area contributed by atoms with Crippen LogP contribution in [0.15, 0.2) is 48.7 Å². The molecule has 2 heterocycles. The fourth-order valence-electron chi connectivity index (χ4n) is 2.08. The predicted molar refractivity (Wildman–Crippen MR) is 80.3 cm³/mol. The van der Waals surface area contributed by atoms with Crippen molar-refractivity contribution >= 4 is 29.3 Å². The van der Waals surface area contributed by atoms with E-state index in [0.717, 1.165) is 27.6 Å². The van der Waals surface area contributed by atoms with E-state index < -0.39 is 0 Å². The molecule has 2 aromatic heterocycles. The molecule has 94 valence electrons. The van der Waals surface area contributed by atoms with Gasteiger partial charge in [-0.1, -0.05) is 35.9 Å². The van der Waals surface area contributed by atoms with Crippen molar-refractivity contribution in [2.45, 2.75) is 6.92 Å².